The summed E-state index contributed by atoms with van der Waals surface area (Å²) in [7, 11) is -0.812. The van der Waals surface area contributed by atoms with Crippen LogP contribution in [0.4, 0.5) is 0 Å². The molecule has 0 radical (unpaired) electrons. The third-order valence-corrected chi connectivity index (χ3v) is 7.20. The summed E-state index contributed by atoms with van der Waals surface area (Å²) in [6.45, 7) is 0. The van der Waals surface area contributed by atoms with Crippen LogP contribution >= 0.6 is 11.8 Å². The highest BCUT2D eigenvalue weighted by Gasteiger charge is 2.47. The summed E-state index contributed by atoms with van der Waals surface area (Å²) in [5.41, 5.74) is 0. The van der Waals surface area contributed by atoms with Gasteiger partial charge in [-0.15, -0.1) is 11.8 Å². The van der Waals surface area contributed by atoms with Crippen LogP contribution in [0.25, 0.3) is 0 Å². The number of carboxylic acid groups (broad SMARTS) is 1. The van der Waals surface area contributed by atoms with Crippen LogP contribution in [-0.4, -0.2) is 30.9 Å². The van der Waals surface area contributed by atoms with E-state index in [1.807, 2.05) is 0 Å². The number of hydrogen-bond acceptors (Lipinski definition) is 3. The lowest BCUT2D eigenvalue weighted by molar-refractivity contribution is -0.141. The highest BCUT2D eigenvalue weighted by molar-refractivity contribution is 8.13. The van der Waals surface area contributed by atoms with E-state index in [9.17, 15) is 9.00 Å². The summed E-state index contributed by atoms with van der Waals surface area (Å²) in [6.07, 6.45) is 3.14. The van der Waals surface area contributed by atoms with Crippen molar-refractivity contribution in [2.24, 2.45) is 5.92 Å². The van der Waals surface area contributed by atoms with Gasteiger partial charge in [0.05, 0.1) is 10.00 Å². The Kier molecular flexibility index (Phi) is 2.88. The molecule has 2 rings (SSSR count). The first-order chi connectivity index (χ1) is 6.64. The van der Waals surface area contributed by atoms with Crippen molar-refractivity contribution in [1.82, 2.24) is 0 Å². The first-order valence-electron chi connectivity index (χ1n) is 4.89. The molecule has 1 N–H and O–H groups in total. The topological polar surface area (TPSA) is 54.4 Å². The lowest BCUT2D eigenvalue weighted by Crippen LogP contribution is -2.34. The predicted molar refractivity (Wildman–Crippen MR) is 57.8 cm³/mol. The molecule has 2 aliphatic rings. The SMILES string of the molecule is O=C(O)[C@H]1CC[C@]2(C1)SCCC[S@@]2=O. The Bertz CT molecular complexity index is 279. The van der Waals surface area contributed by atoms with E-state index in [0.717, 1.165) is 24.3 Å². The lowest BCUT2D eigenvalue weighted by atomic mass is 10.1. The summed E-state index contributed by atoms with van der Waals surface area (Å²) < 4.78 is 11.7. The minimum absolute atomic E-state index is 0.207. The molecule has 1 heterocycles. The Morgan fingerprint density at radius 2 is 2.36 bits per heavy atom. The Hall–Kier alpha value is -0.0300. The summed E-state index contributed by atoms with van der Waals surface area (Å²) >= 11 is 1.74. The summed E-state index contributed by atoms with van der Waals surface area (Å²) in [6, 6.07) is 0. The third kappa shape index (κ3) is 1.72. The fourth-order valence-electron chi connectivity index (χ4n) is 2.22. The van der Waals surface area contributed by atoms with Crippen molar-refractivity contribution in [3.63, 3.8) is 0 Å². The van der Waals surface area contributed by atoms with Crippen LogP contribution in [0.1, 0.15) is 25.7 Å². The molecule has 0 bridgehead atoms. The second-order valence-corrected chi connectivity index (χ2v) is 7.56. The fraction of sp³-hybridized carbons (Fsp3) is 0.889. The van der Waals surface area contributed by atoms with Gasteiger partial charge >= 0.3 is 5.97 Å². The molecule has 0 unspecified atom stereocenters. The van der Waals surface area contributed by atoms with Gasteiger partial charge in [0, 0.05) is 16.6 Å². The molecular weight excluding hydrogens is 220 g/mol. The van der Waals surface area contributed by atoms with Gasteiger partial charge in [0.1, 0.15) is 0 Å². The number of hydrogen-bond donors (Lipinski definition) is 1. The van der Waals surface area contributed by atoms with Crippen molar-refractivity contribution in [3.05, 3.63) is 0 Å². The van der Waals surface area contributed by atoms with Gasteiger partial charge in [0.25, 0.3) is 0 Å². The van der Waals surface area contributed by atoms with Gasteiger partial charge in [-0.25, -0.2) is 0 Å². The quantitative estimate of drug-likeness (QED) is 0.746. The minimum atomic E-state index is -0.812. The second-order valence-electron chi connectivity index (χ2n) is 3.94. The van der Waals surface area contributed by atoms with Crippen LogP contribution in [0.3, 0.4) is 0 Å². The first kappa shape index (κ1) is 10.5. The number of carboxylic acids is 1. The van der Waals surface area contributed by atoms with Crippen molar-refractivity contribution >= 4 is 28.5 Å². The van der Waals surface area contributed by atoms with Gasteiger partial charge in [-0.3, -0.25) is 9.00 Å². The van der Waals surface area contributed by atoms with Gasteiger partial charge in [0.2, 0.25) is 0 Å². The zero-order valence-electron chi connectivity index (χ0n) is 7.90. The lowest BCUT2D eigenvalue weighted by Gasteiger charge is -2.31. The molecule has 3 nitrogen and oxygen atoms in total. The largest absolute Gasteiger partial charge is 0.481 e. The summed E-state index contributed by atoms with van der Waals surface area (Å²) in [4.78, 5) is 10.8. The number of thioether (sulfide) groups is 1. The number of carbonyl (C=O) groups is 1. The first-order valence-corrected chi connectivity index (χ1v) is 7.20. The Balaban J connectivity index is 2.10. The van der Waals surface area contributed by atoms with E-state index in [1.54, 1.807) is 11.8 Å². The van der Waals surface area contributed by atoms with E-state index in [4.69, 9.17) is 5.11 Å². The average molecular weight is 234 g/mol. The molecule has 2 fully saturated rings. The zero-order chi connectivity index (χ0) is 10.2. The van der Waals surface area contributed by atoms with Crippen LogP contribution in [0, 0.1) is 5.92 Å². The number of rotatable bonds is 1. The van der Waals surface area contributed by atoms with Crippen LogP contribution in [0.5, 0.6) is 0 Å². The average Bonchev–Trinajstić information content (AvgIpc) is 2.56. The number of aliphatic carboxylic acids is 1. The maximum atomic E-state index is 11.9. The minimum Gasteiger partial charge on any atom is -0.481 e. The highest BCUT2D eigenvalue weighted by Crippen LogP contribution is 2.49. The van der Waals surface area contributed by atoms with Gasteiger partial charge in [-0.2, -0.15) is 0 Å². The van der Waals surface area contributed by atoms with Gasteiger partial charge in [0.15, 0.2) is 0 Å². The molecular formula is C9H14O3S2. The molecule has 1 aliphatic heterocycles. The van der Waals surface area contributed by atoms with Crippen molar-refractivity contribution < 1.29 is 14.1 Å². The summed E-state index contributed by atoms with van der Waals surface area (Å²) in [5, 5.41) is 8.91. The third-order valence-electron chi connectivity index (χ3n) is 3.03. The maximum Gasteiger partial charge on any atom is 0.306 e. The van der Waals surface area contributed by atoms with Crippen molar-refractivity contribution in [2.75, 3.05) is 11.5 Å². The molecule has 80 valence electrons. The molecule has 5 heteroatoms. The molecule has 0 aromatic carbocycles. The van der Waals surface area contributed by atoms with Crippen molar-refractivity contribution in [2.45, 2.75) is 29.8 Å². The summed E-state index contributed by atoms with van der Waals surface area (Å²) in [5.74, 6) is 0.826. The molecule has 14 heavy (non-hydrogen) atoms. The smallest absolute Gasteiger partial charge is 0.306 e. The van der Waals surface area contributed by atoms with E-state index in [2.05, 4.69) is 0 Å². The van der Waals surface area contributed by atoms with E-state index in [1.165, 1.54) is 0 Å². The van der Waals surface area contributed by atoms with Gasteiger partial charge < -0.3 is 5.11 Å². The van der Waals surface area contributed by atoms with Crippen LogP contribution in [0.2, 0.25) is 0 Å². The Morgan fingerprint density at radius 1 is 1.57 bits per heavy atom. The molecule has 3 atom stereocenters. The van der Waals surface area contributed by atoms with Crippen molar-refractivity contribution in [1.29, 1.82) is 0 Å². The standard InChI is InChI=1S/C9H14O3S2/c10-8(11)7-2-3-9(6-7)13-4-1-5-14(9)12/h7H,1-6H2,(H,10,11)/t7-,9-,14-/m0/s1. The Morgan fingerprint density at radius 3 is 2.93 bits per heavy atom. The maximum absolute atomic E-state index is 11.9. The van der Waals surface area contributed by atoms with E-state index in [-0.39, 0.29) is 10.00 Å². The van der Waals surface area contributed by atoms with Crippen LogP contribution < -0.4 is 0 Å². The Labute approximate surface area is 90.1 Å². The van der Waals surface area contributed by atoms with E-state index < -0.39 is 16.8 Å². The van der Waals surface area contributed by atoms with E-state index >= 15 is 0 Å². The molecule has 1 aliphatic carbocycles. The molecule has 0 aromatic heterocycles. The van der Waals surface area contributed by atoms with E-state index in [0.29, 0.717) is 12.8 Å². The molecule has 1 saturated carbocycles. The fourth-order valence-corrected chi connectivity index (χ4v) is 6.18. The molecule has 1 spiro atoms. The normalized spacial score (nSPS) is 42.9. The van der Waals surface area contributed by atoms with Gasteiger partial charge in [-0.05, 0) is 31.4 Å². The van der Waals surface area contributed by atoms with Crippen molar-refractivity contribution in [3.8, 4) is 0 Å². The highest BCUT2D eigenvalue weighted by atomic mass is 32.2. The second kappa shape index (κ2) is 3.85. The molecule has 1 saturated heterocycles. The van der Waals surface area contributed by atoms with Crippen LogP contribution in [-0.2, 0) is 15.6 Å². The predicted octanol–water partition coefficient (Wildman–Crippen LogP) is 1.45. The zero-order valence-corrected chi connectivity index (χ0v) is 9.53. The molecule has 0 aromatic rings. The van der Waals surface area contributed by atoms with Crippen LogP contribution in [0.15, 0.2) is 0 Å². The molecule has 0 amide bonds. The van der Waals surface area contributed by atoms with Gasteiger partial charge in [-0.1, -0.05) is 0 Å². The monoisotopic (exact) mass is 234 g/mol.